The maximum absolute atomic E-state index is 3.75. The van der Waals surface area contributed by atoms with Gasteiger partial charge in [0.15, 0.2) is 0 Å². The molecule has 1 nitrogen and oxygen atoms in total. The number of benzene rings is 1. The van der Waals surface area contributed by atoms with Crippen molar-refractivity contribution in [1.29, 1.82) is 0 Å². The van der Waals surface area contributed by atoms with Crippen molar-refractivity contribution in [1.82, 2.24) is 5.32 Å². The standard InChI is InChI=1S/C17H26BrN/c1-3-10-19-17(12-14-6-4-5-7-14)15-9-8-13(2)11-16(15)18/h8-9,11,14,17,19H,3-7,10,12H2,1-2H3. The highest BCUT2D eigenvalue weighted by molar-refractivity contribution is 9.10. The van der Waals surface area contributed by atoms with E-state index in [0.717, 1.165) is 12.5 Å². The van der Waals surface area contributed by atoms with Crippen LogP contribution in [0.3, 0.4) is 0 Å². The first-order chi connectivity index (χ1) is 9.20. The van der Waals surface area contributed by atoms with Gasteiger partial charge in [0.05, 0.1) is 0 Å². The van der Waals surface area contributed by atoms with E-state index >= 15 is 0 Å². The number of hydrogen-bond donors (Lipinski definition) is 1. The van der Waals surface area contributed by atoms with Crippen molar-refractivity contribution in [2.45, 2.75) is 58.4 Å². The molecule has 19 heavy (non-hydrogen) atoms. The molecule has 106 valence electrons. The Morgan fingerprint density at radius 3 is 2.68 bits per heavy atom. The monoisotopic (exact) mass is 323 g/mol. The molecule has 1 aliphatic carbocycles. The Morgan fingerprint density at radius 1 is 1.32 bits per heavy atom. The second-order valence-corrected chi connectivity index (χ2v) is 6.77. The Hall–Kier alpha value is -0.340. The zero-order valence-electron chi connectivity index (χ0n) is 12.2. The fourth-order valence-corrected chi connectivity index (χ4v) is 3.90. The van der Waals surface area contributed by atoms with Gasteiger partial charge in [-0.1, -0.05) is 60.7 Å². The summed E-state index contributed by atoms with van der Waals surface area (Å²) in [6.07, 6.45) is 8.20. The van der Waals surface area contributed by atoms with Gasteiger partial charge >= 0.3 is 0 Å². The Balaban J connectivity index is 2.10. The van der Waals surface area contributed by atoms with Crippen LogP contribution in [0.5, 0.6) is 0 Å². The van der Waals surface area contributed by atoms with Crippen molar-refractivity contribution in [3.05, 3.63) is 33.8 Å². The van der Waals surface area contributed by atoms with E-state index < -0.39 is 0 Å². The first-order valence-electron chi connectivity index (χ1n) is 7.70. The van der Waals surface area contributed by atoms with E-state index in [0.29, 0.717) is 6.04 Å². The number of nitrogens with one attached hydrogen (secondary N) is 1. The van der Waals surface area contributed by atoms with Crippen molar-refractivity contribution >= 4 is 15.9 Å². The summed E-state index contributed by atoms with van der Waals surface area (Å²) in [6, 6.07) is 7.28. The summed E-state index contributed by atoms with van der Waals surface area (Å²) in [4.78, 5) is 0. The summed E-state index contributed by atoms with van der Waals surface area (Å²) < 4.78 is 1.26. The lowest BCUT2D eigenvalue weighted by molar-refractivity contribution is 0.394. The van der Waals surface area contributed by atoms with E-state index in [1.807, 2.05) is 0 Å². The van der Waals surface area contributed by atoms with Gasteiger partial charge in [-0.25, -0.2) is 0 Å². The maximum Gasteiger partial charge on any atom is 0.0334 e. The van der Waals surface area contributed by atoms with E-state index in [4.69, 9.17) is 0 Å². The summed E-state index contributed by atoms with van der Waals surface area (Å²) in [5.74, 6) is 0.919. The van der Waals surface area contributed by atoms with Crippen LogP contribution in [-0.4, -0.2) is 6.54 Å². The molecule has 1 aliphatic rings. The van der Waals surface area contributed by atoms with Crippen molar-refractivity contribution in [2.24, 2.45) is 5.92 Å². The summed E-state index contributed by atoms with van der Waals surface area (Å²) in [7, 11) is 0. The van der Waals surface area contributed by atoms with E-state index in [9.17, 15) is 0 Å². The minimum atomic E-state index is 0.512. The van der Waals surface area contributed by atoms with E-state index in [-0.39, 0.29) is 0 Å². The van der Waals surface area contributed by atoms with E-state index in [2.05, 4.69) is 53.3 Å². The van der Waals surface area contributed by atoms with Crippen LogP contribution in [0.2, 0.25) is 0 Å². The van der Waals surface area contributed by atoms with Gasteiger partial charge < -0.3 is 5.32 Å². The quantitative estimate of drug-likeness (QED) is 0.741. The summed E-state index contributed by atoms with van der Waals surface area (Å²) in [5, 5.41) is 3.74. The zero-order valence-corrected chi connectivity index (χ0v) is 13.8. The molecule has 0 aliphatic heterocycles. The molecule has 0 spiro atoms. The first kappa shape index (κ1) is 15.1. The van der Waals surface area contributed by atoms with Crippen LogP contribution in [0.4, 0.5) is 0 Å². The van der Waals surface area contributed by atoms with Crippen LogP contribution in [-0.2, 0) is 0 Å². The molecule has 0 bridgehead atoms. The molecule has 0 amide bonds. The molecule has 1 N–H and O–H groups in total. The third-order valence-corrected chi connectivity index (χ3v) is 4.90. The molecule has 0 saturated heterocycles. The number of rotatable bonds is 6. The van der Waals surface area contributed by atoms with E-state index in [1.54, 1.807) is 0 Å². The van der Waals surface area contributed by atoms with Crippen molar-refractivity contribution in [3.8, 4) is 0 Å². The molecule has 1 saturated carbocycles. The molecule has 0 aromatic heterocycles. The molecule has 0 heterocycles. The second-order valence-electron chi connectivity index (χ2n) is 5.92. The molecule has 1 fully saturated rings. The molecule has 1 aromatic rings. The van der Waals surface area contributed by atoms with Gasteiger partial charge in [-0.3, -0.25) is 0 Å². The largest absolute Gasteiger partial charge is 0.310 e. The normalized spacial score (nSPS) is 17.8. The van der Waals surface area contributed by atoms with Crippen LogP contribution in [0.1, 0.15) is 62.6 Å². The third-order valence-electron chi connectivity index (χ3n) is 4.22. The Morgan fingerprint density at radius 2 is 2.05 bits per heavy atom. The minimum Gasteiger partial charge on any atom is -0.310 e. The summed E-state index contributed by atoms with van der Waals surface area (Å²) in [5.41, 5.74) is 2.76. The van der Waals surface area contributed by atoms with Crippen molar-refractivity contribution < 1.29 is 0 Å². The van der Waals surface area contributed by atoms with Gasteiger partial charge in [0, 0.05) is 10.5 Å². The molecular formula is C17H26BrN. The molecule has 1 aromatic carbocycles. The average Bonchev–Trinajstić information content (AvgIpc) is 2.88. The third kappa shape index (κ3) is 4.32. The van der Waals surface area contributed by atoms with Crippen LogP contribution in [0.15, 0.2) is 22.7 Å². The fraction of sp³-hybridized carbons (Fsp3) is 0.647. The Kier molecular flexibility index (Phi) is 5.90. The molecular weight excluding hydrogens is 298 g/mol. The Labute approximate surface area is 126 Å². The van der Waals surface area contributed by atoms with E-state index in [1.165, 1.54) is 54.1 Å². The van der Waals surface area contributed by atoms with Crippen molar-refractivity contribution in [3.63, 3.8) is 0 Å². The summed E-state index contributed by atoms with van der Waals surface area (Å²) >= 11 is 3.75. The number of aryl methyl sites for hydroxylation is 1. The molecule has 0 radical (unpaired) electrons. The zero-order chi connectivity index (χ0) is 13.7. The lowest BCUT2D eigenvalue weighted by atomic mass is 9.93. The minimum absolute atomic E-state index is 0.512. The van der Waals surface area contributed by atoms with Crippen LogP contribution in [0.25, 0.3) is 0 Å². The topological polar surface area (TPSA) is 12.0 Å². The highest BCUT2D eigenvalue weighted by Crippen LogP contribution is 2.35. The molecule has 2 heteroatoms. The lowest BCUT2D eigenvalue weighted by Gasteiger charge is -2.23. The fourth-order valence-electron chi connectivity index (χ4n) is 3.13. The first-order valence-corrected chi connectivity index (χ1v) is 8.49. The van der Waals surface area contributed by atoms with Gasteiger partial charge in [-0.15, -0.1) is 0 Å². The predicted molar refractivity (Wildman–Crippen MR) is 86.5 cm³/mol. The van der Waals surface area contributed by atoms with Gasteiger partial charge in [0.1, 0.15) is 0 Å². The maximum atomic E-state index is 3.75. The Bertz CT molecular complexity index is 396. The molecule has 1 unspecified atom stereocenters. The van der Waals surface area contributed by atoms with Crippen LogP contribution in [0, 0.1) is 12.8 Å². The smallest absolute Gasteiger partial charge is 0.0334 e. The van der Waals surface area contributed by atoms with Gasteiger partial charge in [-0.05, 0) is 49.4 Å². The number of halogens is 1. The second kappa shape index (κ2) is 7.44. The highest BCUT2D eigenvalue weighted by Gasteiger charge is 2.22. The predicted octanol–water partition coefficient (Wildman–Crippen LogP) is 5.38. The van der Waals surface area contributed by atoms with Gasteiger partial charge in [-0.2, -0.15) is 0 Å². The SMILES string of the molecule is CCCNC(CC1CCCC1)c1ccc(C)cc1Br. The van der Waals surface area contributed by atoms with Crippen molar-refractivity contribution in [2.75, 3.05) is 6.54 Å². The molecule has 2 rings (SSSR count). The number of hydrogen-bond acceptors (Lipinski definition) is 1. The summed E-state index contributed by atoms with van der Waals surface area (Å²) in [6.45, 7) is 5.50. The lowest BCUT2D eigenvalue weighted by Crippen LogP contribution is -2.24. The van der Waals surface area contributed by atoms with Gasteiger partial charge in [0.2, 0.25) is 0 Å². The van der Waals surface area contributed by atoms with Crippen LogP contribution < -0.4 is 5.32 Å². The average molecular weight is 324 g/mol. The highest BCUT2D eigenvalue weighted by atomic mass is 79.9. The van der Waals surface area contributed by atoms with Crippen LogP contribution >= 0.6 is 15.9 Å². The van der Waals surface area contributed by atoms with Gasteiger partial charge in [0.25, 0.3) is 0 Å². The molecule has 1 atom stereocenters.